The molecule has 0 saturated carbocycles. The van der Waals surface area contributed by atoms with Gasteiger partial charge in [0.05, 0.1) is 32.0 Å². The number of benzene rings is 2. The quantitative estimate of drug-likeness (QED) is 0.0559. The van der Waals surface area contributed by atoms with Crippen LogP contribution in [0.4, 0.5) is 0 Å². The van der Waals surface area contributed by atoms with Gasteiger partial charge in [0.25, 0.3) is 0 Å². The maximum absolute atomic E-state index is 9.18. The molecule has 0 saturated heterocycles. The Morgan fingerprint density at radius 1 is 0.784 bits per heavy atom. The van der Waals surface area contributed by atoms with Gasteiger partial charge in [0.15, 0.2) is 0 Å². The molecule has 200 valence electrons. The summed E-state index contributed by atoms with van der Waals surface area (Å²) in [5.41, 5.74) is 11.3. The summed E-state index contributed by atoms with van der Waals surface area (Å²) < 4.78 is 12.1. The van der Waals surface area contributed by atoms with E-state index < -0.39 is 6.04 Å². The first kappa shape index (κ1) is 30.4. The van der Waals surface area contributed by atoms with Crippen molar-refractivity contribution >= 4 is 0 Å². The standard InChI is InChI=1S/C32H45N3O2/c1-2-3-4-5-6-7-8-9-10-11-12-13-20-25-32(37-27-30-23-18-15-19-24-30)31(34-35-33)28-36-26-29-21-16-14-17-22-29/h12-25,31-32H,2-11,26-28H2,1H3/b13-12-,25-20+/t31-,32+/m0/s1. The number of hydrogen-bond donors (Lipinski definition) is 0. The average Bonchev–Trinajstić information content (AvgIpc) is 2.93. The predicted molar refractivity (Wildman–Crippen MR) is 154 cm³/mol. The maximum Gasteiger partial charge on any atom is 0.0906 e. The Kier molecular flexibility index (Phi) is 17.4. The third-order valence-electron chi connectivity index (χ3n) is 6.29. The predicted octanol–water partition coefficient (Wildman–Crippen LogP) is 9.50. The molecule has 0 aliphatic carbocycles. The summed E-state index contributed by atoms with van der Waals surface area (Å²) in [5, 5.41) is 4.00. The van der Waals surface area contributed by atoms with Crippen LogP contribution in [0.3, 0.4) is 0 Å². The van der Waals surface area contributed by atoms with Crippen molar-refractivity contribution in [2.75, 3.05) is 6.61 Å². The van der Waals surface area contributed by atoms with Crippen LogP contribution >= 0.6 is 0 Å². The van der Waals surface area contributed by atoms with Crippen molar-refractivity contribution in [2.24, 2.45) is 5.11 Å². The molecular formula is C32H45N3O2. The van der Waals surface area contributed by atoms with Gasteiger partial charge in [-0.2, -0.15) is 0 Å². The van der Waals surface area contributed by atoms with E-state index in [1.165, 1.54) is 57.8 Å². The smallest absolute Gasteiger partial charge is 0.0906 e. The fourth-order valence-corrected chi connectivity index (χ4v) is 4.11. The lowest BCUT2D eigenvalue weighted by Gasteiger charge is -2.21. The van der Waals surface area contributed by atoms with Gasteiger partial charge < -0.3 is 9.47 Å². The second-order valence-electron chi connectivity index (χ2n) is 9.46. The third-order valence-corrected chi connectivity index (χ3v) is 6.29. The van der Waals surface area contributed by atoms with Crippen LogP contribution < -0.4 is 0 Å². The van der Waals surface area contributed by atoms with Crippen molar-refractivity contribution in [1.29, 1.82) is 0 Å². The molecule has 0 heterocycles. The van der Waals surface area contributed by atoms with Gasteiger partial charge in [0.2, 0.25) is 0 Å². The number of ether oxygens (including phenoxy) is 2. The highest BCUT2D eigenvalue weighted by atomic mass is 16.5. The summed E-state index contributed by atoms with van der Waals surface area (Å²) in [5.74, 6) is 0. The van der Waals surface area contributed by atoms with E-state index in [1.807, 2.05) is 72.8 Å². The van der Waals surface area contributed by atoms with Gasteiger partial charge in [0.1, 0.15) is 0 Å². The molecule has 0 aliphatic heterocycles. The van der Waals surface area contributed by atoms with Crippen LogP contribution in [0, 0.1) is 0 Å². The Balaban J connectivity index is 1.81. The Morgan fingerprint density at radius 2 is 1.38 bits per heavy atom. The monoisotopic (exact) mass is 503 g/mol. The molecule has 0 bridgehead atoms. The molecule has 0 fully saturated rings. The van der Waals surface area contributed by atoms with Crippen LogP contribution in [0.2, 0.25) is 0 Å². The second kappa shape index (κ2) is 21.3. The first-order valence-corrected chi connectivity index (χ1v) is 14.0. The van der Waals surface area contributed by atoms with Crippen molar-refractivity contribution in [2.45, 2.75) is 96.5 Å². The molecule has 0 radical (unpaired) electrons. The first-order chi connectivity index (χ1) is 18.3. The summed E-state index contributed by atoms with van der Waals surface area (Å²) >= 11 is 0. The van der Waals surface area contributed by atoms with E-state index in [0.29, 0.717) is 13.2 Å². The summed E-state index contributed by atoms with van der Waals surface area (Å²) in [6.07, 6.45) is 21.0. The van der Waals surface area contributed by atoms with Crippen LogP contribution in [0.15, 0.2) is 90.1 Å². The molecule has 2 aromatic rings. The Hall–Kier alpha value is -2.85. The maximum atomic E-state index is 9.18. The highest BCUT2D eigenvalue weighted by Gasteiger charge is 2.19. The van der Waals surface area contributed by atoms with Gasteiger partial charge >= 0.3 is 0 Å². The van der Waals surface area contributed by atoms with Crippen LogP contribution in [0.5, 0.6) is 0 Å². The van der Waals surface area contributed by atoms with Gasteiger partial charge in [-0.1, -0.05) is 148 Å². The Morgan fingerprint density at radius 3 is 2.00 bits per heavy atom. The average molecular weight is 504 g/mol. The van der Waals surface area contributed by atoms with Crippen molar-refractivity contribution in [3.8, 4) is 0 Å². The van der Waals surface area contributed by atoms with Crippen LogP contribution in [0.25, 0.3) is 10.4 Å². The SMILES string of the molecule is CCCCCCCCCCC/C=C\C=C\[C@@H](OCc1ccccc1)[C@H](COCc1ccccc1)N=[N+]=[N-]. The van der Waals surface area contributed by atoms with E-state index >= 15 is 0 Å². The number of hydrogen-bond acceptors (Lipinski definition) is 3. The largest absolute Gasteiger partial charge is 0.376 e. The molecule has 0 aromatic heterocycles. The highest BCUT2D eigenvalue weighted by Crippen LogP contribution is 2.14. The topological polar surface area (TPSA) is 67.2 Å². The van der Waals surface area contributed by atoms with Gasteiger partial charge in [0, 0.05) is 4.91 Å². The fourth-order valence-electron chi connectivity index (χ4n) is 4.11. The van der Waals surface area contributed by atoms with Crippen molar-refractivity contribution in [1.82, 2.24) is 0 Å². The molecule has 37 heavy (non-hydrogen) atoms. The Bertz CT molecular complexity index is 908. The van der Waals surface area contributed by atoms with Gasteiger partial charge in [-0.3, -0.25) is 0 Å². The van der Waals surface area contributed by atoms with E-state index in [-0.39, 0.29) is 12.7 Å². The van der Waals surface area contributed by atoms with Crippen molar-refractivity contribution in [3.05, 3.63) is 107 Å². The molecule has 0 aliphatic rings. The number of unbranched alkanes of at least 4 members (excludes halogenated alkanes) is 9. The minimum absolute atomic E-state index is 0.283. The van der Waals surface area contributed by atoms with Crippen molar-refractivity contribution in [3.63, 3.8) is 0 Å². The molecule has 0 spiro atoms. The lowest BCUT2D eigenvalue weighted by atomic mass is 10.1. The van der Waals surface area contributed by atoms with E-state index in [2.05, 4.69) is 29.1 Å². The van der Waals surface area contributed by atoms with E-state index in [1.54, 1.807) is 0 Å². The van der Waals surface area contributed by atoms with E-state index in [0.717, 1.165) is 17.5 Å². The summed E-state index contributed by atoms with van der Waals surface area (Å²) in [4.78, 5) is 3.06. The zero-order valence-corrected chi connectivity index (χ0v) is 22.6. The summed E-state index contributed by atoms with van der Waals surface area (Å²) in [6.45, 7) is 3.45. The van der Waals surface area contributed by atoms with Gasteiger partial charge in [-0.05, 0) is 29.5 Å². The number of allylic oxidation sites excluding steroid dienone is 3. The zero-order chi connectivity index (χ0) is 26.2. The second-order valence-corrected chi connectivity index (χ2v) is 9.46. The normalized spacial score (nSPS) is 13.1. The highest BCUT2D eigenvalue weighted by molar-refractivity contribution is 5.15. The minimum Gasteiger partial charge on any atom is -0.376 e. The van der Waals surface area contributed by atoms with Crippen molar-refractivity contribution < 1.29 is 9.47 Å². The summed E-state index contributed by atoms with van der Waals surface area (Å²) in [6, 6.07) is 19.6. The minimum atomic E-state index is -0.459. The molecule has 0 unspecified atom stereocenters. The molecule has 0 amide bonds. The molecule has 0 N–H and O–H groups in total. The lowest BCUT2D eigenvalue weighted by molar-refractivity contribution is 0.0187. The number of rotatable bonds is 21. The summed E-state index contributed by atoms with van der Waals surface area (Å²) in [7, 11) is 0. The molecular weight excluding hydrogens is 458 g/mol. The van der Waals surface area contributed by atoms with Crippen LogP contribution in [0.1, 0.15) is 82.3 Å². The molecule has 2 aromatic carbocycles. The van der Waals surface area contributed by atoms with Crippen LogP contribution in [-0.2, 0) is 22.7 Å². The van der Waals surface area contributed by atoms with E-state index in [9.17, 15) is 5.53 Å². The first-order valence-electron chi connectivity index (χ1n) is 14.0. The molecule has 2 rings (SSSR count). The van der Waals surface area contributed by atoms with Crippen LogP contribution in [-0.4, -0.2) is 18.8 Å². The van der Waals surface area contributed by atoms with Gasteiger partial charge in [-0.25, -0.2) is 0 Å². The molecule has 5 heteroatoms. The lowest BCUT2D eigenvalue weighted by Crippen LogP contribution is -2.29. The molecule has 2 atom stereocenters. The number of nitrogens with zero attached hydrogens (tertiary/aromatic N) is 3. The number of azide groups is 1. The zero-order valence-electron chi connectivity index (χ0n) is 22.6. The third kappa shape index (κ3) is 15.1. The van der Waals surface area contributed by atoms with Gasteiger partial charge in [-0.15, -0.1) is 0 Å². The van der Waals surface area contributed by atoms with E-state index in [4.69, 9.17) is 9.47 Å². The Labute approximate surface area is 224 Å². The molecule has 5 nitrogen and oxygen atoms in total. The fraction of sp³-hybridized carbons (Fsp3) is 0.500.